The third kappa shape index (κ3) is 3.02. The molecule has 7 nitrogen and oxygen atoms in total. The monoisotopic (exact) mass is 315 g/mol. The van der Waals surface area contributed by atoms with E-state index >= 15 is 0 Å². The standard InChI is InChI=1S/C13H17NO6S/c1-19-9-4-3-5-11(6-9)21(17,18)14-8-10(20-2)7-12(14)13(15)16/h3-6,10,12H,7-8H2,1-2H3,(H,15,16). The van der Waals surface area contributed by atoms with Gasteiger partial charge in [-0.05, 0) is 12.1 Å². The molecule has 0 aromatic heterocycles. The van der Waals surface area contributed by atoms with Gasteiger partial charge in [-0.1, -0.05) is 6.07 Å². The highest BCUT2D eigenvalue weighted by atomic mass is 32.2. The van der Waals surface area contributed by atoms with Crippen molar-refractivity contribution in [3.05, 3.63) is 24.3 Å². The molecular formula is C13H17NO6S. The Morgan fingerprint density at radius 3 is 2.67 bits per heavy atom. The molecule has 1 heterocycles. The average Bonchev–Trinajstić information content (AvgIpc) is 2.92. The number of methoxy groups -OCH3 is 2. The number of nitrogens with zero attached hydrogens (tertiary/aromatic N) is 1. The summed E-state index contributed by atoms with van der Waals surface area (Å²) in [5, 5.41) is 9.22. The average molecular weight is 315 g/mol. The Kier molecular flexibility index (Phi) is 4.50. The molecule has 2 atom stereocenters. The van der Waals surface area contributed by atoms with E-state index in [0.29, 0.717) is 5.75 Å². The lowest BCUT2D eigenvalue weighted by molar-refractivity contribution is -0.140. The van der Waals surface area contributed by atoms with Crippen molar-refractivity contribution in [3.63, 3.8) is 0 Å². The molecule has 116 valence electrons. The number of benzene rings is 1. The summed E-state index contributed by atoms with van der Waals surface area (Å²) in [5.74, 6) is -0.786. The number of carboxylic acids is 1. The Balaban J connectivity index is 2.39. The van der Waals surface area contributed by atoms with Crippen LogP contribution in [-0.4, -0.2) is 56.7 Å². The minimum Gasteiger partial charge on any atom is -0.497 e. The summed E-state index contributed by atoms with van der Waals surface area (Å²) < 4.78 is 36.3. The number of aliphatic carboxylic acids is 1. The fraction of sp³-hybridized carbons (Fsp3) is 0.462. The first-order chi connectivity index (χ1) is 9.90. The van der Waals surface area contributed by atoms with Crippen LogP contribution in [0.1, 0.15) is 6.42 Å². The van der Waals surface area contributed by atoms with Crippen LogP contribution >= 0.6 is 0 Å². The zero-order valence-electron chi connectivity index (χ0n) is 11.7. The highest BCUT2D eigenvalue weighted by Gasteiger charge is 2.44. The van der Waals surface area contributed by atoms with Gasteiger partial charge in [0, 0.05) is 26.1 Å². The van der Waals surface area contributed by atoms with Crippen molar-refractivity contribution in [1.29, 1.82) is 0 Å². The lowest BCUT2D eigenvalue weighted by atomic mass is 10.2. The summed E-state index contributed by atoms with van der Waals surface area (Å²) >= 11 is 0. The fourth-order valence-electron chi connectivity index (χ4n) is 2.33. The van der Waals surface area contributed by atoms with Gasteiger partial charge in [0.1, 0.15) is 11.8 Å². The summed E-state index contributed by atoms with van der Waals surface area (Å²) in [7, 11) is -1.05. The minimum absolute atomic E-state index is 0.00449. The van der Waals surface area contributed by atoms with Crippen LogP contribution in [0.3, 0.4) is 0 Å². The number of ether oxygens (including phenoxy) is 2. The van der Waals surface area contributed by atoms with Crippen LogP contribution in [0.5, 0.6) is 5.75 Å². The van der Waals surface area contributed by atoms with Crippen LogP contribution in [0.15, 0.2) is 29.2 Å². The maximum Gasteiger partial charge on any atom is 0.322 e. The fourth-order valence-corrected chi connectivity index (χ4v) is 3.99. The van der Waals surface area contributed by atoms with Crippen molar-refractivity contribution in [2.24, 2.45) is 0 Å². The Bertz CT molecular complexity index is 629. The van der Waals surface area contributed by atoms with E-state index in [1.165, 1.54) is 26.4 Å². The molecule has 0 aliphatic carbocycles. The van der Waals surface area contributed by atoms with E-state index in [1.807, 2.05) is 0 Å². The molecule has 1 aromatic carbocycles. The SMILES string of the molecule is COc1cccc(S(=O)(=O)N2CC(OC)CC2C(=O)O)c1. The van der Waals surface area contributed by atoms with Crippen LogP contribution in [0.25, 0.3) is 0 Å². The van der Waals surface area contributed by atoms with Gasteiger partial charge in [-0.25, -0.2) is 8.42 Å². The normalized spacial score (nSPS) is 23.1. The Hall–Kier alpha value is -1.64. The first-order valence-corrected chi connectivity index (χ1v) is 7.75. The van der Waals surface area contributed by atoms with Gasteiger partial charge in [0.2, 0.25) is 10.0 Å². The second-order valence-corrected chi connectivity index (χ2v) is 6.59. The van der Waals surface area contributed by atoms with E-state index in [4.69, 9.17) is 9.47 Å². The zero-order chi connectivity index (χ0) is 15.6. The van der Waals surface area contributed by atoms with E-state index in [-0.39, 0.29) is 17.9 Å². The van der Waals surface area contributed by atoms with Crippen LogP contribution in [0, 0.1) is 0 Å². The van der Waals surface area contributed by atoms with Gasteiger partial charge in [0.15, 0.2) is 0 Å². The third-order valence-corrected chi connectivity index (χ3v) is 5.35. The van der Waals surface area contributed by atoms with Crippen molar-refractivity contribution >= 4 is 16.0 Å². The quantitative estimate of drug-likeness (QED) is 0.853. The zero-order valence-corrected chi connectivity index (χ0v) is 12.5. The van der Waals surface area contributed by atoms with Gasteiger partial charge in [0.05, 0.1) is 18.1 Å². The molecule has 1 aliphatic rings. The molecule has 8 heteroatoms. The molecule has 1 aromatic rings. The molecule has 1 aliphatic heterocycles. The van der Waals surface area contributed by atoms with Crippen LogP contribution in [0.4, 0.5) is 0 Å². The van der Waals surface area contributed by atoms with Gasteiger partial charge in [-0.15, -0.1) is 0 Å². The van der Waals surface area contributed by atoms with Crippen LogP contribution in [0.2, 0.25) is 0 Å². The molecule has 0 bridgehead atoms. The molecule has 1 fully saturated rings. The lowest BCUT2D eigenvalue weighted by Crippen LogP contribution is -2.40. The first kappa shape index (κ1) is 15.7. The Morgan fingerprint density at radius 1 is 1.38 bits per heavy atom. The van der Waals surface area contributed by atoms with Crippen molar-refractivity contribution in [2.45, 2.75) is 23.5 Å². The van der Waals surface area contributed by atoms with Gasteiger partial charge in [0.25, 0.3) is 0 Å². The molecule has 0 saturated carbocycles. The molecule has 2 rings (SSSR count). The Morgan fingerprint density at radius 2 is 2.10 bits per heavy atom. The van der Waals surface area contributed by atoms with Gasteiger partial charge >= 0.3 is 5.97 Å². The van der Waals surface area contributed by atoms with Crippen LogP contribution in [-0.2, 0) is 19.6 Å². The van der Waals surface area contributed by atoms with Crippen molar-refractivity contribution in [2.75, 3.05) is 20.8 Å². The number of hydrogen-bond acceptors (Lipinski definition) is 5. The summed E-state index contributed by atoms with van der Waals surface area (Å²) in [6, 6.07) is 4.83. The van der Waals surface area contributed by atoms with E-state index in [2.05, 4.69) is 0 Å². The lowest BCUT2D eigenvalue weighted by Gasteiger charge is -2.21. The van der Waals surface area contributed by atoms with Crippen LogP contribution < -0.4 is 4.74 Å². The Labute approximate surface area is 123 Å². The van der Waals surface area contributed by atoms with Crippen molar-refractivity contribution < 1.29 is 27.8 Å². The molecule has 0 radical (unpaired) electrons. The number of carbonyl (C=O) groups is 1. The second-order valence-electron chi connectivity index (χ2n) is 4.70. The number of rotatable bonds is 5. The molecule has 21 heavy (non-hydrogen) atoms. The van der Waals surface area contributed by atoms with Gasteiger partial charge in [-0.3, -0.25) is 4.79 Å². The number of carboxylic acid groups (broad SMARTS) is 1. The van der Waals surface area contributed by atoms with E-state index in [9.17, 15) is 18.3 Å². The molecule has 2 unspecified atom stereocenters. The summed E-state index contributed by atoms with van der Waals surface area (Å²) in [6.45, 7) is 0.0208. The summed E-state index contributed by atoms with van der Waals surface area (Å²) in [6.07, 6.45) is -0.291. The largest absolute Gasteiger partial charge is 0.497 e. The number of sulfonamides is 1. The first-order valence-electron chi connectivity index (χ1n) is 6.31. The van der Waals surface area contributed by atoms with E-state index in [1.54, 1.807) is 12.1 Å². The van der Waals surface area contributed by atoms with Gasteiger partial charge in [-0.2, -0.15) is 4.31 Å². The molecule has 0 amide bonds. The highest BCUT2D eigenvalue weighted by Crippen LogP contribution is 2.29. The minimum atomic E-state index is -3.92. The maximum atomic E-state index is 12.6. The smallest absolute Gasteiger partial charge is 0.322 e. The molecule has 1 N–H and O–H groups in total. The predicted octanol–water partition coefficient (Wildman–Crippen LogP) is 0.558. The topological polar surface area (TPSA) is 93.1 Å². The van der Waals surface area contributed by atoms with E-state index in [0.717, 1.165) is 4.31 Å². The molecule has 0 spiro atoms. The second kappa shape index (κ2) is 6.00. The maximum absolute atomic E-state index is 12.6. The summed E-state index contributed by atoms with van der Waals surface area (Å²) in [5.41, 5.74) is 0. The summed E-state index contributed by atoms with van der Waals surface area (Å²) in [4.78, 5) is 11.3. The molecular weight excluding hydrogens is 298 g/mol. The predicted molar refractivity (Wildman–Crippen MR) is 73.7 cm³/mol. The molecule has 1 saturated heterocycles. The van der Waals surface area contributed by atoms with Gasteiger partial charge < -0.3 is 14.6 Å². The highest BCUT2D eigenvalue weighted by molar-refractivity contribution is 7.89. The third-order valence-electron chi connectivity index (χ3n) is 3.48. The van der Waals surface area contributed by atoms with Crippen molar-refractivity contribution in [1.82, 2.24) is 4.31 Å². The van der Waals surface area contributed by atoms with Crippen molar-refractivity contribution in [3.8, 4) is 5.75 Å². The van der Waals surface area contributed by atoms with E-state index < -0.39 is 28.1 Å². The number of hydrogen-bond donors (Lipinski definition) is 1.